The minimum absolute atomic E-state index is 0.204. The van der Waals surface area contributed by atoms with Crippen LogP contribution in [0.3, 0.4) is 0 Å². The van der Waals surface area contributed by atoms with Crippen molar-refractivity contribution in [2.45, 2.75) is 6.42 Å². The minimum Gasteiger partial charge on any atom is -0.378 e. The number of fused-ring (bicyclic) bond motifs is 2. The molecule has 6 nitrogen and oxygen atoms in total. The highest BCUT2D eigenvalue weighted by molar-refractivity contribution is 5.89. The van der Waals surface area contributed by atoms with Crippen molar-refractivity contribution in [3.05, 3.63) is 53.5 Å². The van der Waals surface area contributed by atoms with Gasteiger partial charge in [0.25, 0.3) is 0 Å². The molecule has 5 rings (SSSR count). The van der Waals surface area contributed by atoms with Crippen LogP contribution in [-0.4, -0.2) is 41.3 Å². The highest BCUT2D eigenvalue weighted by Crippen LogP contribution is 2.30. The van der Waals surface area contributed by atoms with Gasteiger partial charge in [-0.2, -0.15) is 9.97 Å². The predicted octanol–water partition coefficient (Wildman–Crippen LogP) is 3.31. The Kier molecular flexibility index (Phi) is 3.94. The van der Waals surface area contributed by atoms with Gasteiger partial charge in [0, 0.05) is 25.0 Å². The van der Waals surface area contributed by atoms with E-state index < -0.39 is 0 Å². The van der Waals surface area contributed by atoms with Crippen molar-refractivity contribution in [1.82, 2.24) is 15.0 Å². The van der Waals surface area contributed by atoms with Gasteiger partial charge in [0.1, 0.15) is 11.6 Å². The summed E-state index contributed by atoms with van der Waals surface area (Å²) in [7, 11) is 0. The topological polar surface area (TPSA) is 63.2 Å². The van der Waals surface area contributed by atoms with Crippen LogP contribution in [0.4, 0.5) is 21.8 Å². The molecule has 7 heteroatoms. The highest BCUT2D eigenvalue weighted by atomic mass is 19.1. The van der Waals surface area contributed by atoms with E-state index in [1.54, 1.807) is 6.20 Å². The highest BCUT2D eigenvalue weighted by Gasteiger charge is 2.18. The van der Waals surface area contributed by atoms with Crippen molar-refractivity contribution in [1.29, 1.82) is 0 Å². The zero-order chi connectivity index (χ0) is 18.2. The number of nitrogens with one attached hydrogen (secondary N) is 1. The van der Waals surface area contributed by atoms with Crippen LogP contribution in [0.2, 0.25) is 0 Å². The van der Waals surface area contributed by atoms with Crippen molar-refractivity contribution in [3.63, 3.8) is 0 Å². The van der Waals surface area contributed by atoms with Gasteiger partial charge in [-0.1, -0.05) is 12.2 Å². The van der Waals surface area contributed by atoms with Crippen molar-refractivity contribution < 1.29 is 9.13 Å². The molecule has 3 aromatic rings. The number of halogens is 1. The second kappa shape index (κ2) is 6.59. The molecule has 0 unspecified atom stereocenters. The Morgan fingerprint density at radius 2 is 2.04 bits per heavy atom. The SMILES string of the molecule is Fc1cc(Nc2nc(N3CCOCC3)nc3ncccc23)cc2c1CC=C2. The van der Waals surface area contributed by atoms with Crippen molar-refractivity contribution >= 4 is 34.6 Å². The number of pyridine rings is 1. The van der Waals surface area contributed by atoms with Crippen molar-refractivity contribution in [3.8, 4) is 0 Å². The molecule has 1 aliphatic carbocycles. The lowest BCUT2D eigenvalue weighted by Crippen LogP contribution is -2.37. The van der Waals surface area contributed by atoms with E-state index in [1.807, 2.05) is 30.4 Å². The van der Waals surface area contributed by atoms with E-state index in [1.165, 1.54) is 6.07 Å². The molecule has 0 spiro atoms. The summed E-state index contributed by atoms with van der Waals surface area (Å²) in [5, 5.41) is 4.07. The number of rotatable bonds is 3. The first-order valence-corrected chi connectivity index (χ1v) is 8.99. The third kappa shape index (κ3) is 3.00. The Hall–Kier alpha value is -3.06. The van der Waals surface area contributed by atoms with E-state index in [4.69, 9.17) is 9.72 Å². The predicted molar refractivity (Wildman–Crippen MR) is 103 cm³/mol. The third-order valence-electron chi connectivity index (χ3n) is 4.87. The number of hydrogen-bond donors (Lipinski definition) is 1. The molecule has 1 aliphatic heterocycles. The van der Waals surface area contributed by atoms with E-state index in [9.17, 15) is 4.39 Å². The van der Waals surface area contributed by atoms with Crippen LogP contribution in [0.25, 0.3) is 17.1 Å². The van der Waals surface area contributed by atoms with Gasteiger partial charge in [0.15, 0.2) is 5.65 Å². The fraction of sp³-hybridized carbons (Fsp3) is 0.250. The van der Waals surface area contributed by atoms with E-state index in [0.29, 0.717) is 42.7 Å². The molecule has 0 saturated carbocycles. The molecule has 0 radical (unpaired) electrons. The second-order valence-electron chi connectivity index (χ2n) is 6.60. The molecule has 1 fully saturated rings. The lowest BCUT2D eigenvalue weighted by Gasteiger charge is -2.27. The number of hydrogen-bond acceptors (Lipinski definition) is 6. The monoisotopic (exact) mass is 363 g/mol. The van der Waals surface area contributed by atoms with Gasteiger partial charge >= 0.3 is 0 Å². The second-order valence-corrected chi connectivity index (χ2v) is 6.60. The maximum Gasteiger partial charge on any atom is 0.229 e. The van der Waals surface area contributed by atoms with E-state index >= 15 is 0 Å². The summed E-state index contributed by atoms with van der Waals surface area (Å²) in [5.41, 5.74) is 2.92. The Bertz CT molecular complexity index is 1050. The summed E-state index contributed by atoms with van der Waals surface area (Å²) in [6.45, 7) is 2.76. The summed E-state index contributed by atoms with van der Waals surface area (Å²) in [4.78, 5) is 15.8. The first-order valence-electron chi connectivity index (χ1n) is 8.99. The molecule has 2 aromatic heterocycles. The summed E-state index contributed by atoms with van der Waals surface area (Å²) >= 11 is 0. The number of anilines is 3. The fourth-order valence-electron chi connectivity index (χ4n) is 3.49. The molecule has 0 bridgehead atoms. The number of allylic oxidation sites excluding steroid dienone is 1. The number of benzene rings is 1. The summed E-state index contributed by atoms with van der Waals surface area (Å²) in [5.74, 6) is 1.02. The molecule has 3 heterocycles. The Balaban J connectivity index is 1.57. The van der Waals surface area contributed by atoms with Crippen LogP contribution < -0.4 is 10.2 Å². The van der Waals surface area contributed by atoms with Gasteiger partial charge in [-0.25, -0.2) is 9.37 Å². The Morgan fingerprint density at radius 3 is 2.93 bits per heavy atom. The van der Waals surface area contributed by atoms with Gasteiger partial charge < -0.3 is 15.0 Å². The molecule has 1 saturated heterocycles. The zero-order valence-electron chi connectivity index (χ0n) is 14.7. The van der Waals surface area contributed by atoms with Crippen LogP contribution in [0, 0.1) is 5.82 Å². The molecule has 0 atom stereocenters. The fourth-order valence-corrected chi connectivity index (χ4v) is 3.49. The lowest BCUT2D eigenvalue weighted by molar-refractivity contribution is 0.122. The number of nitrogens with zero attached hydrogens (tertiary/aromatic N) is 4. The largest absolute Gasteiger partial charge is 0.378 e. The third-order valence-corrected chi connectivity index (χ3v) is 4.87. The molecule has 136 valence electrons. The zero-order valence-corrected chi connectivity index (χ0v) is 14.7. The first-order chi connectivity index (χ1) is 13.3. The van der Waals surface area contributed by atoms with Gasteiger partial charge in [-0.3, -0.25) is 0 Å². The van der Waals surface area contributed by atoms with E-state index in [-0.39, 0.29) is 5.82 Å². The summed E-state index contributed by atoms with van der Waals surface area (Å²) < 4.78 is 19.8. The standard InChI is InChI=1S/C20H18FN5O/c21-17-12-14(11-13-3-1-4-15(13)17)23-19-16-5-2-6-22-18(16)24-20(25-19)26-7-9-27-10-8-26/h1-3,5-6,11-12H,4,7-10H2,(H,22,23,24,25). The maximum absolute atomic E-state index is 14.4. The van der Waals surface area contributed by atoms with E-state index in [2.05, 4.69) is 20.2 Å². The molecular weight excluding hydrogens is 345 g/mol. The maximum atomic E-state index is 14.4. The number of morpholine rings is 1. The molecular formula is C20H18FN5O. The van der Waals surface area contributed by atoms with Crippen LogP contribution in [-0.2, 0) is 11.2 Å². The average Bonchev–Trinajstić information content (AvgIpc) is 3.18. The van der Waals surface area contributed by atoms with Crippen LogP contribution >= 0.6 is 0 Å². The van der Waals surface area contributed by atoms with Crippen molar-refractivity contribution in [2.24, 2.45) is 0 Å². The van der Waals surface area contributed by atoms with Crippen LogP contribution in [0.5, 0.6) is 0 Å². The summed E-state index contributed by atoms with van der Waals surface area (Å²) in [6, 6.07) is 7.22. The number of ether oxygens (including phenoxy) is 1. The average molecular weight is 363 g/mol. The molecule has 2 aliphatic rings. The normalized spacial score (nSPS) is 16.0. The van der Waals surface area contributed by atoms with Crippen LogP contribution in [0.1, 0.15) is 11.1 Å². The molecule has 1 N–H and O–H groups in total. The van der Waals surface area contributed by atoms with Gasteiger partial charge in [-0.05, 0) is 41.8 Å². The number of aromatic nitrogens is 3. The Morgan fingerprint density at radius 1 is 1.15 bits per heavy atom. The molecule has 1 aromatic carbocycles. The van der Waals surface area contributed by atoms with Gasteiger partial charge in [0.2, 0.25) is 5.95 Å². The quantitative estimate of drug-likeness (QED) is 0.770. The molecule has 27 heavy (non-hydrogen) atoms. The summed E-state index contributed by atoms with van der Waals surface area (Å²) in [6.07, 6.45) is 6.27. The van der Waals surface area contributed by atoms with Gasteiger partial charge in [-0.15, -0.1) is 0 Å². The first kappa shape index (κ1) is 16.1. The van der Waals surface area contributed by atoms with Gasteiger partial charge in [0.05, 0.1) is 18.6 Å². The van der Waals surface area contributed by atoms with Crippen LogP contribution in [0.15, 0.2) is 36.5 Å². The Labute approximate surface area is 155 Å². The molecule has 0 amide bonds. The lowest BCUT2D eigenvalue weighted by atomic mass is 10.1. The van der Waals surface area contributed by atoms with Crippen molar-refractivity contribution in [2.75, 3.05) is 36.5 Å². The smallest absolute Gasteiger partial charge is 0.229 e. The minimum atomic E-state index is -0.204. The van der Waals surface area contributed by atoms with E-state index in [0.717, 1.165) is 29.6 Å².